The molecule has 1 saturated heterocycles. The predicted octanol–water partition coefficient (Wildman–Crippen LogP) is 1.72. The summed E-state index contributed by atoms with van der Waals surface area (Å²) in [5.74, 6) is 0. The Morgan fingerprint density at radius 3 is 2.86 bits per heavy atom. The van der Waals surface area contributed by atoms with Gasteiger partial charge in [-0.1, -0.05) is 0 Å². The van der Waals surface area contributed by atoms with Crippen LogP contribution in [-0.2, 0) is 6.42 Å². The molecule has 1 aromatic rings. The van der Waals surface area contributed by atoms with Crippen LogP contribution in [0.4, 0.5) is 4.39 Å². The molecule has 1 aliphatic heterocycles. The Morgan fingerprint density at radius 2 is 2.21 bits per heavy atom. The number of aromatic nitrogens is 1. The zero-order chi connectivity index (χ0) is 9.86. The number of piperidine rings is 1. The molecular weight excluding hydrogens is 179 g/mol. The third-order valence-corrected chi connectivity index (χ3v) is 2.69. The third-order valence-electron chi connectivity index (χ3n) is 2.69. The van der Waals surface area contributed by atoms with Gasteiger partial charge in [0.2, 0.25) is 0 Å². The summed E-state index contributed by atoms with van der Waals surface area (Å²) in [6, 6.07) is 3.77. The number of halogens is 1. The molecule has 1 atom stereocenters. The molecule has 1 aliphatic rings. The van der Waals surface area contributed by atoms with E-state index < -0.39 is 5.67 Å². The monoisotopic (exact) mass is 194 g/mol. The van der Waals surface area contributed by atoms with Crippen LogP contribution in [0.1, 0.15) is 18.4 Å². The summed E-state index contributed by atoms with van der Waals surface area (Å²) in [7, 11) is 0. The fourth-order valence-corrected chi connectivity index (χ4v) is 1.95. The van der Waals surface area contributed by atoms with Gasteiger partial charge in [-0.15, -0.1) is 0 Å². The van der Waals surface area contributed by atoms with E-state index in [1.54, 1.807) is 12.4 Å². The molecule has 14 heavy (non-hydrogen) atoms. The summed E-state index contributed by atoms with van der Waals surface area (Å²) < 4.78 is 14.2. The lowest BCUT2D eigenvalue weighted by molar-refractivity contribution is 0.122. The average molecular weight is 194 g/mol. The van der Waals surface area contributed by atoms with E-state index >= 15 is 0 Å². The van der Waals surface area contributed by atoms with Crippen molar-refractivity contribution >= 4 is 0 Å². The molecule has 2 rings (SSSR count). The van der Waals surface area contributed by atoms with Gasteiger partial charge in [-0.3, -0.25) is 4.98 Å². The van der Waals surface area contributed by atoms with Crippen LogP contribution in [0.25, 0.3) is 0 Å². The van der Waals surface area contributed by atoms with Gasteiger partial charge >= 0.3 is 0 Å². The maximum atomic E-state index is 14.2. The molecule has 0 saturated carbocycles. The molecule has 2 heterocycles. The van der Waals surface area contributed by atoms with E-state index in [1.165, 1.54) is 0 Å². The Morgan fingerprint density at radius 1 is 1.43 bits per heavy atom. The van der Waals surface area contributed by atoms with Crippen molar-refractivity contribution in [3.05, 3.63) is 30.1 Å². The minimum atomic E-state index is -1.06. The Bertz CT molecular complexity index is 281. The van der Waals surface area contributed by atoms with Crippen LogP contribution in [0.15, 0.2) is 24.5 Å². The van der Waals surface area contributed by atoms with Crippen molar-refractivity contribution < 1.29 is 4.39 Å². The van der Waals surface area contributed by atoms with Crippen molar-refractivity contribution in [3.63, 3.8) is 0 Å². The summed E-state index contributed by atoms with van der Waals surface area (Å²) in [6.07, 6.45) is 5.54. The molecule has 2 nitrogen and oxygen atoms in total. The van der Waals surface area contributed by atoms with Crippen LogP contribution in [0.3, 0.4) is 0 Å². The van der Waals surface area contributed by atoms with Crippen LogP contribution in [0.2, 0.25) is 0 Å². The number of rotatable bonds is 2. The Balaban J connectivity index is 2.02. The first-order valence-corrected chi connectivity index (χ1v) is 5.07. The van der Waals surface area contributed by atoms with Crippen molar-refractivity contribution in [2.24, 2.45) is 0 Å². The normalized spacial score (nSPS) is 27.5. The van der Waals surface area contributed by atoms with Crippen molar-refractivity contribution in [1.29, 1.82) is 0 Å². The van der Waals surface area contributed by atoms with E-state index in [4.69, 9.17) is 0 Å². The highest BCUT2D eigenvalue weighted by Crippen LogP contribution is 2.25. The van der Waals surface area contributed by atoms with Gasteiger partial charge < -0.3 is 5.32 Å². The highest BCUT2D eigenvalue weighted by molar-refractivity contribution is 5.13. The first-order chi connectivity index (χ1) is 6.79. The van der Waals surface area contributed by atoms with Crippen LogP contribution >= 0.6 is 0 Å². The lowest BCUT2D eigenvalue weighted by Gasteiger charge is -2.30. The molecule has 0 radical (unpaired) electrons. The zero-order valence-electron chi connectivity index (χ0n) is 8.17. The SMILES string of the molecule is FC1(Cc2ccncc2)CCCNC1. The fourth-order valence-electron chi connectivity index (χ4n) is 1.95. The molecule has 0 aliphatic carbocycles. The van der Waals surface area contributed by atoms with Gasteiger partial charge in [0.05, 0.1) is 0 Å². The highest BCUT2D eigenvalue weighted by Gasteiger charge is 2.31. The molecular formula is C11H15FN2. The van der Waals surface area contributed by atoms with Crippen LogP contribution in [0.5, 0.6) is 0 Å². The summed E-state index contributed by atoms with van der Waals surface area (Å²) in [5.41, 5.74) is -0.0224. The lowest BCUT2D eigenvalue weighted by Crippen LogP contribution is -2.43. The van der Waals surface area contributed by atoms with E-state index in [1.807, 2.05) is 12.1 Å². The maximum Gasteiger partial charge on any atom is 0.127 e. The summed E-state index contributed by atoms with van der Waals surface area (Å²) in [6.45, 7) is 1.43. The smallest absolute Gasteiger partial charge is 0.127 e. The van der Waals surface area contributed by atoms with Crippen molar-refractivity contribution in [3.8, 4) is 0 Å². The number of pyridine rings is 1. The largest absolute Gasteiger partial charge is 0.314 e. The topological polar surface area (TPSA) is 24.9 Å². The summed E-state index contributed by atoms with van der Waals surface area (Å²) in [5, 5.41) is 3.10. The van der Waals surface area contributed by atoms with Crippen molar-refractivity contribution in [2.45, 2.75) is 24.9 Å². The second-order valence-corrected chi connectivity index (χ2v) is 3.96. The van der Waals surface area contributed by atoms with E-state index in [0.717, 1.165) is 18.5 Å². The number of nitrogens with one attached hydrogen (secondary N) is 1. The fraction of sp³-hybridized carbons (Fsp3) is 0.545. The molecule has 1 aromatic heterocycles. The second kappa shape index (κ2) is 4.05. The van der Waals surface area contributed by atoms with Gasteiger partial charge in [0.15, 0.2) is 0 Å². The zero-order valence-corrected chi connectivity index (χ0v) is 8.17. The number of hydrogen-bond donors (Lipinski definition) is 1. The van der Waals surface area contributed by atoms with Crippen LogP contribution in [0, 0.1) is 0 Å². The van der Waals surface area contributed by atoms with E-state index in [2.05, 4.69) is 10.3 Å². The summed E-state index contributed by atoms with van der Waals surface area (Å²) >= 11 is 0. The van der Waals surface area contributed by atoms with Crippen molar-refractivity contribution in [2.75, 3.05) is 13.1 Å². The van der Waals surface area contributed by atoms with Gasteiger partial charge in [-0.2, -0.15) is 0 Å². The third kappa shape index (κ3) is 2.29. The molecule has 0 amide bonds. The average Bonchev–Trinajstić information content (AvgIpc) is 2.19. The van der Waals surface area contributed by atoms with Gasteiger partial charge in [0.25, 0.3) is 0 Å². The molecule has 0 spiro atoms. The first-order valence-electron chi connectivity index (χ1n) is 5.07. The van der Waals surface area contributed by atoms with E-state index in [0.29, 0.717) is 19.4 Å². The second-order valence-electron chi connectivity index (χ2n) is 3.96. The molecule has 1 unspecified atom stereocenters. The predicted molar refractivity (Wildman–Crippen MR) is 53.9 cm³/mol. The van der Waals surface area contributed by atoms with Gasteiger partial charge in [0, 0.05) is 25.4 Å². The van der Waals surface area contributed by atoms with Gasteiger partial charge in [0.1, 0.15) is 5.67 Å². The Kier molecular flexibility index (Phi) is 2.77. The number of nitrogens with zero attached hydrogens (tertiary/aromatic N) is 1. The Hall–Kier alpha value is -0.960. The van der Waals surface area contributed by atoms with Crippen LogP contribution < -0.4 is 5.32 Å². The summed E-state index contributed by atoms with van der Waals surface area (Å²) in [4.78, 5) is 3.92. The van der Waals surface area contributed by atoms with Gasteiger partial charge in [-0.25, -0.2) is 4.39 Å². The minimum Gasteiger partial charge on any atom is -0.314 e. The van der Waals surface area contributed by atoms with E-state index in [-0.39, 0.29) is 0 Å². The van der Waals surface area contributed by atoms with Crippen LogP contribution in [-0.4, -0.2) is 23.7 Å². The maximum absolute atomic E-state index is 14.2. The molecule has 1 fully saturated rings. The minimum absolute atomic E-state index is 0.481. The van der Waals surface area contributed by atoms with Crippen molar-refractivity contribution in [1.82, 2.24) is 10.3 Å². The van der Waals surface area contributed by atoms with E-state index in [9.17, 15) is 4.39 Å². The molecule has 0 aromatic carbocycles. The molecule has 3 heteroatoms. The lowest BCUT2D eigenvalue weighted by atomic mass is 9.89. The molecule has 76 valence electrons. The van der Waals surface area contributed by atoms with Gasteiger partial charge in [-0.05, 0) is 37.1 Å². The molecule has 0 bridgehead atoms. The standard InChI is InChI=1S/C11H15FN2/c12-11(4-1-5-14-9-11)8-10-2-6-13-7-3-10/h2-3,6-7,14H,1,4-5,8-9H2. The quantitative estimate of drug-likeness (QED) is 0.775. The number of alkyl halides is 1. The molecule has 1 N–H and O–H groups in total. The number of hydrogen-bond acceptors (Lipinski definition) is 2. The highest BCUT2D eigenvalue weighted by atomic mass is 19.1. The Labute approximate surface area is 83.6 Å². The first kappa shape index (κ1) is 9.59.